The van der Waals surface area contributed by atoms with Gasteiger partial charge in [-0.3, -0.25) is 0 Å². The second-order valence-electron chi connectivity index (χ2n) is 14.9. The van der Waals surface area contributed by atoms with Crippen LogP contribution in [-0.2, 0) is 39.8 Å². The highest BCUT2D eigenvalue weighted by atomic mass is 32.1. The van der Waals surface area contributed by atoms with E-state index in [-0.39, 0.29) is 55.4 Å². The van der Waals surface area contributed by atoms with Crippen molar-refractivity contribution >= 4 is 76.9 Å². The molecule has 0 N–H and O–H groups in total. The van der Waals surface area contributed by atoms with E-state index in [0.717, 1.165) is 57.8 Å². The molecule has 0 bridgehead atoms. The molecule has 0 spiro atoms. The molecule has 56 heavy (non-hydrogen) atoms. The van der Waals surface area contributed by atoms with E-state index in [2.05, 4.69) is 20.8 Å². The van der Waals surface area contributed by atoms with E-state index in [1.165, 1.54) is 0 Å². The van der Waals surface area contributed by atoms with Crippen LogP contribution < -0.4 is 0 Å². The Bertz CT molecular complexity index is 948. The van der Waals surface area contributed by atoms with Crippen LogP contribution >= 0.6 is 50.5 Å². The summed E-state index contributed by atoms with van der Waals surface area (Å²) in [5.74, 6) is 0.460. The van der Waals surface area contributed by atoms with Crippen LogP contribution in [0.4, 0.5) is 0 Å². The van der Waals surface area contributed by atoms with Crippen molar-refractivity contribution in [3.63, 3.8) is 0 Å². The average Bonchev–Trinajstić information content (AvgIpc) is 3.16. The first kappa shape index (κ1) is 55.7. The Morgan fingerprint density at radius 1 is 0.429 bits per heavy atom. The highest BCUT2D eigenvalue weighted by Crippen LogP contribution is 2.58. The maximum atomic E-state index is 6.89. The molecular formula is C40H86O9S4Si3. The number of hydrogen-bond donors (Lipinski definition) is 4. The summed E-state index contributed by atoms with van der Waals surface area (Å²) in [5.41, 5.74) is -0.0608. The Morgan fingerprint density at radius 2 is 0.750 bits per heavy atom. The van der Waals surface area contributed by atoms with Gasteiger partial charge in [0.25, 0.3) is 0 Å². The van der Waals surface area contributed by atoms with Crippen molar-refractivity contribution in [1.29, 1.82) is 0 Å². The Hall–Kier alpha value is 1.69. The molecule has 0 aromatic carbocycles. The molecule has 0 aliphatic heterocycles. The van der Waals surface area contributed by atoms with Crippen molar-refractivity contribution < 1.29 is 39.8 Å². The standard InChI is InChI=1S/C40H86O9S4Si3/c1-13-24-35(50)37(52)29-39(55(44-18-6,45-19-7)46-20-8)32-26-27-33(31(12)54(41-15-3,42-16-4)43-17-5)34(28-32)40(30-38(53)36(51)25-14-2)56(47-21-9,48-22-10)49-23-11/h31-40,50-53H,13-30H2,1-12H3. The first-order valence-electron chi connectivity index (χ1n) is 22.3. The minimum absolute atomic E-state index is 0.000815. The average molecular weight is 924 g/mol. The van der Waals surface area contributed by atoms with Crippen LogP contribution in [0.1, 0.15) is 141 Å². The van der Waals surface area contributed by atoms with Gasteiger partial charge >= 0.3 is 26.4 Å². The lowest BCUT2D eigenvalue weighted by Gasteiger charge is -2.52. The summed E-state index contributed by atoms with van der Waals surface area (Å²) in [6.45, 7) is 29.7. The van der Waals surface area contributed by atoms with Crippen molar-refractivity contribution in [3.8, 4) is 0 Å². The molecule has 1 saturated carbocycles. The molecule has 1 fully saturated rings. The fourth-order valence-electron chi connectivity index (χ4n) is 9.21. The highest BCUT2D eigenvalue weighted by Gasteiger charge is 2.62. The molecule has 1 aliphatic rings. The first-order chi connectivity index (χ1) is 26.8. The molecule has 336 valence electrons. The van der Waals surface area contributed by atoms with Crippen molar-refractivity contribution in [2.75, 3.05) is 59.5 Å². The largest absolute Gasteiger partial charge is 0.504 e. The minimum Gasteiger partial charge on any atom is -0.374 e. The molecule has 1 rings (SSSR count). The van der Waals surface area contributed by atoms with Gasteiger partial charge in [0.2, 0.25) is 0 Å². The van der Waals surface area contributed by atoms with Gasteiger partial charge in [-0.05, 0) is 125 Å². The van der Waals surface area contributed by atoms with Gasteiger partial charge in [-0.1, -0.05) is 33.6 Å². The number of rotatable bonds is 34. The summed E-state index contributed by atoms with van der Waals surface area (Å²) >= 11 is 20.8. The van der Waals surface area contributed by atoms with E-state index in [1.807, 2.05) is 62.3 Å². The predicted molar refractivity (Wildman–Crippen MR) is 253 cm³/mol. The van der Waals surface area contributed by atoms with Gasteiger partial charge < -0.3 is 39.8 Å². The Labute approximate surface area is 370 Å². The zero-order chi connectivity index (χ0) is 42.4. The SMILES string of the molecule is CCCC(S)C(S)CC(C1CCC(C(C)[Si](OCC)(OCC)OCC)C(C(CC(S)C(S)CCC)[Si](OCC)(OCC)OCC)C1)[Si](OCC)(OCC)OCC. The van der Waals surface area contributed by atoms with Crippen molar-refractivity contribution in [2.24, 2.45) is 17.8 Å². The Kier molecular flexibility index (Phi) is 29.7. The monoisotopic (exact) mass is 922 g/mol. The van der Waals surface area contributed by atoms with Crippen LogP contribution in [0.25, 0.3) is 0 Å². The van der Waals surface area contributed by atoms with E-state index in [9.17, 15) is 0 Å². The summed E-state index contributed by atoms with van der Waals surface area (Å²) in [7, 11) is -9.77. The fraction of sp³-hybridized carbons (Fsp3) is 1.00. The normalized spacial score (nSPS) is 22.4. The molecule has 0 amide bonds. The molecule has 0 radical (unpaired) electrons. The third-order valence-corrected chi connectivity index (χ3v) is 25.1. The van der Waals surface area contributed by atoms with Crippen LogP contribution in [0, 0.1) is 17.8 Å². The molecule has 16 heteroatoms. The number of hydrogen-bond acceptors (Lipinski definition) is 13. The topological polar surface area (TPSA) is 83.1 Å². The van der Waals surface area contributed by atoms with Gasteiger partial charge in [-0.2, -0.15) is 50.5 Å². The summed E-state index contributed by atoms with van der Waals surface area (Å²) in [5, 5.41) is 0.294. The predicted octanol–water partition coefficient (Wildman–Crippen LogP) is 10.9. The summed E-state index contributed by atoms with van der Waals surface area (Å²) in [4.78, 5) is 0. The van der Waals surface area contributed by atoms with Crippen LogP contribution in [-0.4, -0.2) is 107 Å². The van der Waals surface area contributed by atoms with Gasteiger partial charge in [-0.25, -0.2) is 0 Å². The van der Waals surface area contributed by atoms with Gasteiger partial charge in [0.05, 0.1) is 0 Å². The fourth-order valence-corrected chi connectivity index (χ4v) is 21.4. The van der Waals surface area contributed by atoms with Gasteiger partial charge in [0.15, 0.2) is 0 Å². The zero-order valence-corrected chi connectivity index (χ0v) is 44.0. The van der Waals surface area contributed by atoms with E-state index in [0.29, 0.717) is 59.5 Å². The second-order valence-corrected chi connectivity index (χ2v) is 26.2. The van der Waals surface area contributed by atoms with Crippen LogP contribution in [0.3, 0.4) is 0 Å². The molecule has 0 saturated heterocycles. The van der Waals surface area contributed by atoms with Crippen molar-refractivity contribution in [2.45, 2.75) is 178 Å². The molecular weight excluding hydrogens is 837 g/mol. The zero-order valence-electron chi connectivity index (χ0n) is 37.5. The summed E-state index contributed by atoms with van der Waals surface area (Å²) in [6, 6.07) is 0. The van der Waals surface area contributed by atoms with E-state index in [1.54, 1.807) is 0 Å². The van der Waals surface area contributed by atoms with E-state index >= 15 is 0 Å². The van der Waals surface area contributed by atoms with Crippen molar-refractivity contribution in [3.05, 3.63) is 0 Å². The molecule has 1 aliphatic carbocycles. The van der Waals surface area contributed by atoms with Gasteiger partial charge in [0.1, 0.15) is 0 Å². The molecule has 10 atom stereocenters. The van der Waals surface area contributed by atoms with E-state index in [4.69, 9.17) is 90.3 Å². The molecule has 9 nitrogen and oxygen atoms in total. The van der Waals surface area contributed by atoms with Crippen molar-refractivity contribution in [1.82, 2.24) is 0 Å². The molecule has 0 heterocycles. The maximum Gasteiger partial charge on any atom is 0.504 e. The third kappa shape index (κ3) is 15.8. The molecule has 0 aromatic heterocycles. The second kappa shape index (κ2) is 29.9. The highest BCUT2D eigenvalue weighted by molar-refractivity contribution is 7.85. The number of thiol groups is 4. The summed E-state index contributed by atoms with van der Waals surface area (Å²) in [6.07, 6.45) is 8.35. The summed E-state index contributed by atoms with van der Waals surface area (Å²) < 4.78 is 61.0. The maximum absolute atomic E-state index is 6.89. The van der Waals surface area contributed by atoms with Gasteiger partial charge in [0, 0.05) is 97.1 Å². The molecule has 0 aromatic rings. The first-order valence-corrected chi connectivity index (χ1v) is 29.7. The van der Waals surface area contributed by atoms with Gasteiger partial charge in [-0.15, -0.1) is 0 Å². The molecule has 10 unspecified atom stereocenters. The lowest BCUT2D eigenvalue weighted by Crippen LogP contribution is -2.59. The minimum atomic E-state index is -3.36. The van der Waals surface area contributed by atoms with Crippen LogP contribution in [0.5, 0.6) is 0 Å². The van der Waals surface area contributed by atoms with Crippen LogP contribution in [0.2, 0.25) is 16.6 Å². The smallest absolute Gasteiger partial charge is 0.374 e. The Morgan fingerprint density at radius 3 is 1.09 bits per heavy atom. The lowest BCUT2D eigenvalue weighted by atomic mass is 9.69. The third-order valence-electron chi connectivity index (χ3n) is 11.3. The van der Waals surface area contributed by atoms with E-state index < -0.39 is 26.4 Å². The Balaban J connectivity index is 4.31. The van der Waals surface area contributed by atoms with Crippen LogP contribution in [0.15, 0.2) is 0 Å². The quantitative estimate of drug-likeness (QED) is 0.0373. The lowest BCUT2D eigenvalue weighted by molar-refractivity contribution is 0.0117.